The Morgan fingerprint density at radius 1 is 0.826 bits per heavy atom. The molecule has 0 N–H and O–H groups in total. The van der Waals surface area contributed by atoms with Gasteiger partial charge >= 0.3 is 0 Å². The van der Waals surface area contributed by atoms with E-state index in [0.29, 0.717) is 0 Å². The van der Waals surface area contributed by atoms with Crippen LogP contribution in [0.25, 0.3) is 0 Å². The second-order valence-corrected chi connectivity index (χ2v) is 11.8. The smallest absolute Gasteiger partial charge is 0.239 e. The summed E-state index contributed by atoms with van der Waals surface area (Å²) in [7, 11) is -8.14. The summed E-state index contributed by atoms with van der Waals surface area (Å²) >= 11 is 17.4. The van der Waals surface area contributed by atoms with Gasteiger partial charge in [-0.1, -0.05) is 74.5 Å². The standard InChI is InChI=1S/C14H12Cl3NO3S2/c1-11-7-9-13(10-8-11)23(20,21)18-22(19,14(15,16)17)12-5-3-2-4-6-12/h2-10H,1H3. The first kappa shape index (κ1) is 18.5. The summed E-state index contributed by atoms with van der Waals surface area (Å²) < 4.78 is 39.1. The molecule has 2 aromatic carbocycles. The Hall–Kier alpha value is -0.790. The van der Waals surface area contributed by atoms with Crippen molar-refractivity contribution in [1.29, 1.82) is 0 Å². The van der Waals surface area contributed by atoms with E-state index >= 15 is 0 Å². The highest BCUT2D eigenvalue weighted by Crippen LogP contribution is 2.40. The lowest BCUT2D eigenvalue weighted by Gasteiger charge is -2.17. The molecular weight excluding hydrogens is 401 g/mol. The maximum Gasteiger partial charge on any atom is 0.290 e. The molecule has 9 heteroatoms. The van der Waals surface area contributed by atoms with Crippen LogP contribution in [0.15, 0.2) is 68.2 Å². The van der Waals surface area contributed by atoms with E-state index in [1.54, 1.807) is 30.3 Å². The van der Waals surface area contributed by atoms with Gasteiger partial charge in [-0.05, 0) is 31.2 Å². The number of hydrogen-bond donors (Lipinski definition) is 0. The fraction of sp³-hybridized carbons (Fsp3) is 0.143. The molecule has 0 saturated heterocycles. The van der Waals surface area contributed by atoms with E-state index in [0.717, 1.165) is 5.56 Å². The molecule has 0 amide bonds. The Kier molecular flexibility index (Phi) is 5.33. The van der Waals surface area contributed by atoms with Crippen LogP contribution in [0.2, 0.25) is 0 Å². The van der Waals surface area contributed by atoms with Gasteiger partial charge in [0.05, 0.1) is 9.79 Å². The van der Waals surface area contributed by atoms with Gasteiger partial charge in [-0.3, -0.25) is 0 Å². The van der Waals surface area contributed by atoms with E-state index in [1.165, 1.54) is 24.3 Å². The van der Waals surface area contributed by atoms with Crippen LogP contribution in [0.3, 0.4) is 0 Å². The van der Waals surface area contributed by atoms with Gasteiger partial charge in [0.25, 0.3) is 13.1 Å². The Labute approximate surface area is 150 Å². The predicted octanol–water partition coefficient (Wildman–Crippen LogP) is 4.54. The van der Waals surface area contributed by atoms with Crippen LogP contribution in [0.5, 0.6) is 0 Å². The van der Waals surface area contributed by atoms with Gasteiger partial charge in [0.15, 0.2) is 0 Å². The van der Waals surface area contributed by atoms with E-state index in [4.69, 9.17) is 34.8 Å². The lowest BCUT2D eigenvalue weighted by molar-refractivity contribution is 0.598. The molecule has 0 aliphatic carbocycles. The summed E-state index contributed by atoms with van der Waals surface area (Å²) in [5.74, 6) is 0. The van der Waals surface area contributed by atoms with Crippen LogP contribution < -0.4 is 0 Å². The first-order valence-electron chi connectivity index (χ1n) is 6.28. The zero-order valence-electron chi connectivity index (χ0n) is 11.8. The lowest BCUT2D eigenvalue weighted by Crippen LogP contribution is -2.21. The van der Waals surface area contributed by atoms with E-state index in [1.807, 2.05) is 6.92 Å². The number of alkyl halides is 3. The molecule has 0 aromatic heterocycles. The number of benzene rings is 2. The molecule has 2 aromatic rings. The monoisotopic (exact) mass is 411 g/mol. The number of sulfonamides is 1. The number of halogens is 3. The molecule has 0 heterocycles. The van der Waals surface area contributed by atoms with Crippen molar-refractivity contribution in [2.75, 3.05) is 0 Å². The highest BCUT2D eigenvalue weighted by molar-refractivity contribution is 8.06. The van der Waals surface area contributed by atoms with Crippen molar-refractivity contribution in [1.82, 2.24) is 0 Å². The lowest BCUT2D eigenvalue weighted by atomic mass is 10.2. The molecule has 2 rings (SSSR count). The molecular formula is C14H12Cl3NO3S2. The average molecular weight is 413 g/mol. The van der Waals surface area contributed by atoms with Crippen molar-refractivity contribution in [3.05, 3.63) is 60.2 Å². The predicted molar refractivity (Wildman–Crippen MR) is 93.9 cm³/mol. The Morgan fingerprint density at radius 2 is 1.35 bits per heavy atom. The van der Waals surface area contributed by atoms with Crippen molar-refractivity contribution in [2.24, 2.45) is 3.77 Å². The van der Waals surface area contributed by atoms with E-state index in [9.17, 15) is 12.6 Å². The largest absolute Gasteiger partial charge is 0.290 e. The first-order valence-corrected chi connectivity index (χ1v) is 10.4. The number of hydrogen-bond acceptors (Lipinski definition) is 3. The SMILES string of the molecule is Cc1ccc(S(=O)(=O)N=S(=O)(c2ccccc2)C(Cl)(Cl)Cl)cc1. The summed E-state index contributed by atoms with van der Waals surface area (Å²) in [6, 6.07) is 13.5. The highest BCUT2D eigenvalue weighted by atomic mass is 35.6. The summed E-state index contributed by atoms with van der Waals surface area (Å²) in [5, 5.41) is 0. The fourth-order valence-corrected chi connectivity index (χ4v) is 6.68. The molecule has 124 valence electrons. The Balaban J connectivity index is 2.73. The molecule has 0 fully saturated rings. The normalized spacial score (nSPS) is 15.0. The van der Waals surface area contributed by atoms with Gasteiger partial charge < -0.3 is 0 Å². The first-order chi connectivity index (χ1) is 10.6. The minimum absolute atomic E-state index is 0.0238. The zero-order chi connectivity index (χ0) is 17.3. The van der Waals surface area contributed by atoms with Crippen LogP contribution in [0.4, 0.5) is 0 Å². The topological polar surface area (TPSA) is 63.6 Å². The van der Waals surface area contributed by atoms with Crippen molar-refractivity contribution >= 4 is 54.6 Å². The van der Waals surface area contributed by atoms with Crippen molar-refractivity contribution in [3.63, 3.8) is 0 Å². The van der Waals surface area contributed by atoms with E-state index < -0.39 is 22.9 Å². The molecule has 1 unspecified atom stereocenters. The minimum atomic E-state index is -4.27. The second kappa shape index (κ2) is 6.61. The fourth-order valence-electron chi connectivity index (χ4n) is 1.72. The van der Waals surface area contributed by atoms with E-state index in [-0.39, 0.29) is 9.79 Å². The van der Waals surface area contributed by atoms with Gasteiger partial charge in [0.2, 0.25) is 0 Å². The summed E-state index contributed by atoms with van der Waals surface area (Å²) in [6.07, 6.45) is 0. The van der Waals surface area contributed by atoms with E-state index in [2.05, 4.69) is 3.77 Å². The van der Waals surface area contributed by atoms with Crippen molar-refractivity contribution < 1.29 is 12.6 Å². The Morgan fingerprint density at radius 3 is 1.83 bits per heavy atom. The van der Waals surface area contributed by atoms with Crippen molar-refractivity contribution in [3.8, 4) is 0 Å². The molecule has 0 radical (unpaired) electrons. The third kappa shape index (κ3) is 4.00. The summed E-state index contributed by atoms with van der Waals surface area (Å²) in [6.45, 7) is 1.81. The molecule has 0 saturated carbocycles. The quantitative estimate of drug-likeness (QED) is 0.695. The van der Waals surface area contributed by atoms with Crippen LogP contribution in [-0.4, -0.2) is 15.8 Å². The number of nitrogens with zero attached hydrogens (tertiary/aromatic N) is 1. The maximum atomic E-state index is 13.1. The van der Waals surface area contributed by atoms with Gasteiger partial charge in [-0.15, -0.1) is 0 Å². The van der Waals surface area contributed by atoms with Crippen LogP contribution in [0.1, 0.15) is 5.56 Å². The molecule has 4 nitrogen and oxygen atoms in total. The van der Waals surface area contributed by atoms with Gasteiger partial charge in [-0.2, -0.15) is 8.42 Å². The molecule has 0 aliphatic heterocycles. The molecule has 0 bridgehead atoms. The molecule has 0 aliphatic rings. The third-order valence-electron chi connectivity index (χ3n) is 2.90. The zero-order valence-corrected chi connectivity index (χ0v) is 15.7. The van der Waals surface area contributed by atoms with Crippen LogP contribution >= 0.6 is 34.8 Å². The molecule has 23 heavy (non-hydrogen) atoms. The van der Waals surface area contributed by atoms with Crippen LogP contribution in [-0.2, 0) is 19.8 Å². The highest BCUT2D eigenvalue weighted by Gasteiger charge is 2.39. The van der Waals surface area contributed by atoms with Crippen molar-refractivity contribution in [2.45, 2.75) is 19.8 Å². The molecule has 0 spiro atoms. The Bertz CT molecular complexity index is 912. The summed E-state index contributed by atoms with van der Waals surface area (Å²) in [5.41, 5.74) is 0.870. The maximum absolute atomic E-state index is 13.1. The minimum Gasteiger partial charge on any atom is -0.239 e. The van der Waals surface area contributed by atoms with Gasteiger partial charge in [0, 0.05) is 0 Å². The molecule has 1 atom stereocenters. The summed E-state index contributed by atoms with van der Waals surface area (Å²) in [4.78, 5) is -0.100. The number of aryl methyl sites for hydroxylation is 1. The van der Waals surface area contributed by atoms with Crippen LogP contribution in [0, 0.1) is 6.92 Å². The second-order valence-electron chi connectivity index (χ2n) is 4.65. The third-order valence-corrected chi connectivity index (χ3v) is 8.81. The average Bonchev–Trinajstić information content (AvgIpc) is 2.47. The van der Waals surface area contributed by atoms with Gasteiger partial charge in [-0.25, -0.2) is 4.21 Å². The number of rotatable bonds is 3. The van der Waals surface area contributed by atoms with Gasteiger partial charge in [0.1, 0.15) is 9.73 Å².